The second-order valence-electron chi connectivity index (χ2n) is 6.87. The molecule has 2 N–H and O–H groups in total. The van der Waals surface area contributed by atoms with Crippen LogP contribution in [0.15, 0.2) is 41.1 Å². The summed E-state index contributed by atoms with van der Waals surface area (Å²) in [5.41, 5.74) is 2.27. The number of amides is 2. The molecule has 1 aliphatic rings. The Kier molecular flexibility index (Phi) is 7.26. The molecular formula is C20H24ClN3O2S. The first-order valence-corrected chi connectivity index (χ1v) is 10.5. The second kappa shape index (κ2) is 9.88. The Labute approximate surface area is 168 Å². The molecule has 0 saturated carbocycles. The summed E-state index contributed by atoms with van der Waals surface area (Å²) in [4.78, 5) is 26.4. The highest BCUT2D eigenvalue weighted by Gasteiger charge is 2.21. The molecule has 1 fully saturated rings. The van der Waals surface area contributed by atoms with E-state index in [0.717, 1.165) is 38.0 Å². The maximum atomic E-state index is 12.0. The van der Waals surface area contributed by atoms with Crippen molar-refractivity contribution in [1.82, 2.24) is 15.5 Å². The number of carbonyl (C=O) groups is 2. The van der Waals surface area contributed by atoms with Crippen molar-refractivity contribution in [2.45, 2.75) is 25.9 Å². The lowest BCUT2D eigenvalue weighted by Crippen LogP contribution is -2.43. The van der Waals surface area contributed by atoms with Crippen molar-refractivity contribution >= 4 is 34.8 Å². The summed E-state index contributed by atoms with van der Waals surface area (Å²) in [5.74, 6) is -0.735. The Hall–Kier alpha value is -1.89. The molecule has 0 aliphatic carbocycles. The summed E-state index contributed by atoms with van der Waals surface area (Å²) >= 11 is 7.56. The highest BCUT2D eigenvalue weighted by atomic mass is 35.5. The van der Waals surface area contributed by atoms with E-state index >= 15 is 0 Å². The van der Waals surface area contributed by atoms with E-state index in [9.17, 15) is 9.59 Å². The van der Waals surface area contributed by atoms with Crippen molar-refractivity contribution in [1.29, 1.82) is 0 Å². The average Bonchev–Trinajstić information content (AvgIpc) is 3.19. The van der Waals surface area contributed by atoms with Crippen LogP contribution in [0.3, 0.4) is 0 Å². The zero-order chi connectivity index (χ0) is 19.1. The molecule has 2 aromatic rings. The summed E-state index contributed by atoms with van der Waals surface area (Å²) < 4.78 is 0. The lowest BCUT2D eigenvalue weighted by Gasteiger charge is -2.31. The van der Waals surface area contributed by atoms with Crippen LogP contribution < -0.4 is 10.6 Å². The molecule has 0 spiro atoms. The van der Waals surface area contributed by atoms with Crippen LogP contribution in [-0.2, 0) is 22.7 Å². The number of rotatable bonds is 6. The number of nitrogens with one attached hydrogen (secondary N) is 2. The van der Waals surface area contributed by atoms with E-state index in [2.05, 4.69) is 32.4 Å². The third-order valence-electron chi connectivity index (χ3n) is 4.82. The first kappa shape index (κ1) is 19.9. The molecule has 2 heterocycles. The quantitative estimate of drug-likeness (QED) is 0.726. The summed E-state index contributed by atoms with van der Waals surface area (Å²) in [6.45, 7) is 3.91. The maximum Gasteiger partial charge on any atom is 0.309 e. The predicted octanol–water partition coefficient (Wildman–Crippen LogP) is 3.05. The zero-order valence-corrected chi connectivity index (χ0v) is 16.7. The monoisotopic (exact) mass is 405 g/mol. The van der Waals surface area contributed by atoms with Crippen LogP contribution in [0.4, 0.5) is 0 Å². The lowest BCUT2D eigenvalue weighted by molar-refractivity contribution is -0.139. The number of thiophene rings is 1. The van der Waals surface area contributed by atoms with Gasteiger partial charge in [-0.2, -0.15) is 11.3 Å². The van der Waals surface area contributed by atoms with Gasteiger partial charge in [-0.25, -0.2) is 0 Å². The zero-order valence-electron chi connectivity index (χ0n) is 15.1. The van der Waals surface area contributed by atoms with Crippen molar-refractivity contribution in [3.8, 4) is 0 Å². The van der Waals surface area contributed by atoms with E-state index in [1.165, 1.54) is 5.56 Å². The van der Waals surface area contributed by atoms with Crippen LogP contribution in [0, 0.1) is 5.92 Å². The standard InChI is InChI=1S/C20H24ClN3O2S/c21-18-3-1-15(2-4-18)11-22-19(25)20(26)23-12-16-5-8-24(9-6-16)13-17-7-10-27-14-17/h1-4,7,10,14,16H,5-6,8-9,11-13H2,(H,22,25)(H,23,26). The number of nitrogens with zero attached hydrogens (tertiary/aromatic N) is 1. The Bertz CT molecular complexity index is 741. The molecule has 5 nitrogen and oxygen atoms in total. The molecule has 0 atom stereocenters. The van der Waals surface area contributed by atoms with E-state index in [1.807, 2.05) is 12.1 Å². The van der Waals surface area contributed by atoms with Gasteiger partial charge in [-0.3, -0.25) is 14.5 Å². The number of benzene rings is 1. The molecule has 27 heavy (non-hydrogen) atoms. The van der Waals surface area contributed by atoms with Gasteiger partial charge in [0.25, 0.3) is 0 Å². The maximum absolute atomic E-state index is 12.0. The molecule has 1 aromatic heterocycles. The second-order valence-corrected chi connectivity index (χ2v) is 8.09. The van der Waals surface area contributed by atoms with E-state index in [1.54, 1.807) is 23.5 Å². The highest BCUT2D eigenvalue weighted by Crippen LogP contribution is 2.19. The van der Waals surface area contributed by atoms with Crippen LogP contribution in [0.1, 0.15) is 24.0 Å². The highest BCUT2D eigenvalue weighted by molar-refractivity contribution is 7.07. The fourth-order valence-electron chi connectivity index (χ4n) is 3.17. The molecule has 0 bridgehead atoms. The van der Waals surface area contributed by atoms with Gasteiger partial charge in [0, 0.05) is 24.7 Å². The first-order valence-electron chi connectivity index (χ1n) is 9.14. The topological polar surface area (TPSA) is 61.4 Å². The van der Waals surface area contributed by atoms with Crippen molar-refractivity contribution in [3.05, 3.63) is 57.2 Å². The molecule has 0 radical (unpaired) electrons. The Morgan fingerprint density at radius 3 is 2.41 bits per heavy atom. The van der Waals surface area contributed by atoms with Crippen molar-refractivity contribution in [2.24, 2.45) is 5.92 Å². The molecule has 2 amide bonds. The minimum atomic E-state index is -0.597. The van der Waals surface area contributed by atoms with Crippen LogP contribution in [0.25, 0.3) is 0 Å². The molecule has 1 aromatic carbocycles. The summed E-state index contributed by atoms with van der Waals surface area (Å²) in [7, 11) is 0. The molecule has 1 aliphatic heterocycles. The van der Waals surface area contributed by atoms with Crippen molar-refractivity contribution in [3.63, 3.8) is 0 Å². The van der Waals surface area contributed by atoms with Crippen molar-refractivity contribution < 1.29 is 9.59 Å². The van der Waals surface area contributed by atoms with Gasteiger partial charge in [0.05, 0.1) is 0 Å². The van der Waals surface area contributed by atoms with E-state index in [-0.39, 0.29) is 0 Å². The fourth-order valence-corrected chi connectivity index (χ4v) is 3.96. The number of piperidine rings is 1. The third-order valence-corrected chi connectivity index (χ3v) is 5.80. The van der Waals surface area contributed by atoms with Gasteiger partial charge >= 0.3 is 11.8 Å². The molecule has 0 unspecified atom stereocenters. The number of hydrogen-bond donors (Lipinski definition) is 2. The fraction of sp³-hybridized carbons (Fsp3) is 0.400. The third kappa shape index (κ3) is 6.34. The number of carbonyl (C=O) groups excluding carboxylic acids is 2. The Morgan fingerprint density at radius 2 is 1.74 bits per heavy atom. The largest absolute Gasteiger partial charge is 0.348 e. The molecule has 3 rings (SSSR count). The van der Waals surface area contributed by atoms with Crippen LogP contribution in [0.5, 0.6) is 0 Å². The van der Waals surface area contributed by atoms with E-state index in [0.29, 0.717) is 24.0 Å². The minimum absolute atomic E-state index is 0.310. The number of likely N-dealkylation sites (tertiary alicyclic amines) is 1. The van der Waals surface area contributed by atoms with Gasteiger partial charge in [-0.15, -0.1) is 0 Å². The molecular weight excluding hydrogens is 382 g/mol. The molecule has 1 saturated heterocycles. The van der Waals surface area contributed by atoms with Gasteiger partial charge in [-0.1, -0.05) is 23.7 Å². The Morgan fingerprint density at radius 1 is 1.04 bits per heavy atom. The van der Waals surface area contributed by atoms with Crippen LogP contribution in [0.2, 0.25) is 5.02 Å². The van der Waals surface area contributed by atoms with Gasteiger partial charge in [0.15, 0.2) is 0 Å². The van der Waals surface area contributed by atoms with Crippen LogP contribution >= 0.6 is 22.9 Å². The average molecular weight is 406 g/mol. The van der Waals surface area contributed by atoms with Gasteiger partial charge in [-0.05, 0) is 71.9 Å². The summed E-state index contributed by atoms with van der Waals surface area (Å²) in [6.07, 6.45) is 2.08. The Balaban J connectivity index is 1.33. The predicted molar refractivity (Wildman–Crippen MR) is 109 cm³/mol. The summed E-state index contributed by atoms with van der Waals surface area (Å²) in [6, 6.07) is 9.33. The van der Waals surface area contributed by atoms with Gasteiger partial charge in [0.2, 0.25) is 0 Å². The normalized spacial score (nSPS) is 15.4. The van der Waals surface area contributed by atoms with Gasteiger partial charge < -0.3 is 10.6 Å². The van der Waals surface area contributed by atoms with Crippen LogP contribution in [-0.4, -0.2) is 36.3 Å². The SMILES string of the molecule is O=C(NCc1ccc(Cl)cc1)C(=O)NCC1CCN(Cc2ccsc2)CC1. The summed E-state index contributed by atoms with van der Waals surface area (Å²) in [5, 5.41) is 10.3. The minimum Gasteiger partial charge on any atom is -0.348 e. The smallest absolute Gasteiger partial charge is 0.309 e. The van der Waals surface area contributed by atoms with E-state index < -0.39 is 11.8 Å². The lowest BCUT2D eigenvalue weighted by atomic mass is 9.96. The van der Waals surface area contributed by atoms with Crippen molar-refractivity contribution in [2.75, 3.05) is 19.6 Å². The van der Waals surface area contributed by atoms with E-state index in [4.69, 9.17) is 11.6 Å². The number of hydrogen-bond acceptors (Lipinski definition) is 4. The molecule has 144 valence electrons. The molecule has 7 heteroatoms. The first-order chi connectivity index (χ1) is 13.1. The van der Waals surface area contributed by atoms with Gasteiger partial charge in [0.1, 0.15) is 0 Å². The number of halogens is 1.